The highest BCUT2D eigenvalue weighted by Crippen LogP contribution is 2.46. The Kier molecular flexibility index (Phi) is 3.10. The summed E-state index contributed by atoms with van der Waals surface area (Å²) in [6, 6.07) is 9.91. The molecule has 1 aliphatic heterocycles. The van der Waals surface area contributed by atoms with Crippen molar-refractivity contribution in [2.75, 3.05) is 12.8 Å². The van der Waals surface area contributed by atoms with Gasteiger partial charge in [0, 0.05) is 6.54 Å². The molecule has 86 valence electrons. The fourth-order valence-electron chi connectivity index (χ4n) is 2.37. The first-order valence-electron chi connectivity index (χ1n) is 5.32. The normalized spacial score (nSPS) is 24.7. The van der Waals surface area contributed by atoms with Gasteiger partial charge < -0.3 is 5.11 Å². The average molecular weight is 237 g/mol. The van der Waals surface area contributed by atoms with Crippen molar-refractivity contribution in [3.05, 3.63) is 35.9 Å². The summed E-state index contributed by atoms with van der Waals surface area (Å²) >= 11 is 1.61. The molecule has 1 aromatic carbocycles. The van der Waals surface area contributed by atoms with Crippen LogP contribution in [-0.4, -0.2) is 28.9 Å². The smallest absolute Gasteiger partial charge is 0.408 e. The Morgan fingerprint density at radius 1 is 1.44 bits per heavy atom. The Morgan fingerprint density at radius 2 is 2.12 bits per heavy atom. The van der Waals surface area contributed by atoms with Crippen molar-refractivity contribution in [1.29, 1.82) is 0 Å². The zero-order chi connectivity index (χ0) is 11.6. The Bertz CT molecular complexity index is 382. The molecule has 0 saturated carbocycles. The van der Waals surface area contributed by atoms with Crippen LogP contribution >= 0.6 is 11.8 Å². The van der Waals surface area contributed by atoms with E-state index in [2.05, 4.69) is 0 Å². The monoisotopic (exact) mass is 237 g/mol. The molecule has 1 amide bonds. The van der Waals surface area contributed by atoms with Crippen molar-refractivity contribution in [2.45, 2.75) is 17.7 Å². The largest absolute Gasteiger partial charge is 0.465 e. The third-order valence-electron chi connectivity index (χ3n) is 3.13. The predicted octanol–water partition coefficient (Wildman–Crippen LogP) is 2.98. The molecule has 1 heterocycles. The van der Waals surface area contributed by atoms with Gasteiger partial charge in [0.1, 0.15) is 4.87 Å². The summed E-state index contributed by atoms with van der Waals surface area (Å²) in [6.45, 7) is 0.630. The molecule has 3 nitrogen and oxygen atoms in total. The summed E-state index contributed by atoms with van der Waals surface area (Å²) in [4.78, 5) is 12.4. The Labute approximate surface area is 99.5 Å². The lowest BCUT2D eigenvalue weighted by molar-refractivity contribution is 0.132. The fraction of sp³-hybridized carbons (Fsp3) is 0.417. The van der Waals surface area contributed by atoms with Crippen molar-refractivity contribution in [2.24, 2.45) is 0 Å². The number of thioether (sulfide) groups is 1. The fourth-order valence-corrected chi connectivity index (χ4v) is 3.48. The number of nitrogens with zero attached hydrogens (tertiary/aromatic N) is 1. The van der Waals surface area contributed by atoms with Crippen molar-refractivity contribution in [1.82, 2.24) is 4.90 Å². The van der Waals surface area contributed by atoms with Crippen molar-refractivity contribution in [3.63, 3.8) is 0 Å². The van der Waals surface area contributed by atoms with E-state index in [1.54, 1.807) is 16.7 Å². The number of carbonyl (C=O) groups is 1. The molecule has 0 radical (unpaired) electrons. The lowest BCUT2D eigenvalue weighted by Crippen LogP contribution is -2.41. The van der Waals surface area contributed by atoms with Crippen LogP contribution in [0.2, 0.25) is 0 Å². The second-order valence-electron chi connectivity index (χ2n) is 3.89. The molecule has 0 bridgehead atoms. The van der Waals surface area contributed by atoms with E-state index < -0.39 is 6.09 Å². The minimum Gasteiger partial charge on any atom is -0.465 e. The Balaban J connectivity index is 2.43. The van der Waals surface area contributed by atoms with Crippen LogP contribution < -0.4 is 0 Å². The lowest BCUT2D eigenvalue weighted by Gasteiger charge is -2.35. The first kappa shape index (κ1) is 11.3. The van der Waals surface area contributed by atoms with Crippen LogP contribution in [0.25, 0.3) is 0 Å². The SMILES string of the molecule is CSC1(c2ccccc2)CCCN1C(=O)O. The van der Waals surface area contributed by atoms with Gasteiger partial charge in [-0.2, -0.15) is 0 Å². The number of rotatable bonds is 2. The topological polar surface area (TPSA) is 40.5 Å². The summed E-state index contributed by atoms with van der Waals surface area (Å²) in [5.41, 5.74) is 1.09. The van der Waals surface area contributed by atoms with Crippen molar-refractivity contribution in [3.8, 4) is 0 Å². The van der Waals surface area contributed by atoms with Crippen LogP contribution in [-0.2, 0) is 4.87 Å². The van der Waals surface area contributed by atoms with Crippen LogP contribution in [0.1, 0.15) is 18.4 Å². The second-order valence-corrected chi connectivity index (χ2v) is 4.98. The Hall–Kier alpha value is -1.16. The minimum absolute atomic E-state index is 0.382. The van der Waals surface area contributed by atoms with Gasteiger partial charge in [-0.15, -0.1) is 11.8 Å². The molecular formula is C12H15NO2S. The molecule has 1 N–H and O–H groups in total. The molecule has 0 aliphatic carbocycles. The van der Waals surface area contributed by atoms with Gasteiger partial charge in [0.05, 0.1) is 0 Å². The standard InChI is InChI=1S/C12H15NO2S/c1-16-12(10-6-3-2-4-7-10)8-5-9-13(12)11(14)15/h2-4,6-7H,5,8-9H2,1H3,(H,14,15). The predicted molar refractivity (Wildman–Crippen MR) is 65.6 cm³/mol. The maximum absolute atomic E-state index is 11.3. The molecule has 16 heavy (non-hydrogen) atoms. The molecule has 1 fully saturated rings. The Morgan fingerprint density at radius 3 is 2.69 bits per heavy atom. The minimum atomic E-state index is -0.823. The summed E-state index contributed by atoms with van der Waals surface area (Å²) in [5, 5.41) is 9.25. The maximum Gasteiger partial charge on any atom is 0.408 e. The van der Waals surface area contributed by atoms with Gasteiger partial charge in [0.2, 0.25) is 0 Å². The zero-order valence-corrected chi connectivity index (χ0v) is 10.0. The van der Waals surface area contributed by atoms with Gasteiger partial charge in [-0.05, 0) is 24.7 Å². The number of benzene rings is 1. The van der Waals surface area contributed by atoms with Gasteiger partial charge in [-0.3, -0.25) is 4.90 Å². The van der Waals surface area contributed by atoms with E-state index in [1.165, 1.54) is 0 Å². The molecule has 1 saturated heterocycles. The van der Waals surface area contributed by atoms with E-state index in [-0.39, 0.29) is 4.87 Å². The van der Waals surface area contributed by atoms with Crippen LogP contribution in [0.15, 0.2) is 30.3 Å². The van der Waals surface area contributed by atoms with Gasteiger partial charge in [-0.1, -0.05) is 30.3 Å². The molecule has 1 atom stereocenters. The first-order valence-corrected chi connectivity index (χ1v) is 6.54. The third kappa shape index (κ3) is 1.67. The molecule has 1 aliphatic rings. The number of likely N-dealkylation sites (tertiary alicyclic amines) is 1. The molecule has 0 spiro atoms. The molecule has 1 unspecified atom stereocenters. The highest BCUT2D eigenvalue weighted by molar-refractivity contribution is 7.99. The van der Waals surface area contributed by atoms with Crippen LogP contribution in [0.5, 0.6) is 0 Å². The van der Waals surface area contributed by atoms with Crippen molar-refractivity contribution < 1.29 is 9.90 Å². The molecule has 1 aromatic rings. The van der Waals surface area contributed by atoms with Crippen LogP contribution in [0, 0.1) is 0 Å². The van der Waals surface area contributed by atoms with Gasteiger partial charge >= 0.3 is 6.09 Å². The molecule has 0 aromatic heterocycles. The van der Waals surface area contributed by atoms with E-state index >= 15 is 0 Å². The van der Waals surface area contributed by atoms with E-state index in [0.717, 1.165) is 18.4 Å². The van der Waals surface area contributed by atoms with Gasteiger partial charge in [-0.25, -0.2) is 4.79 Å². The molecule has 2 rings (SSSR count). The maximum atomic E-state index is 11.3. The molecular weight excluding hydrogens is 222 g/mol. The summed E-state index contributed by atoms with van der Waals surface area (Å²) < 4.78 is 0. The van der Waals surface area contributed by atoms with E-state index in [9.17, 15) is 9.90 Å². The number of hydrogen-bond donors (Lipinski definition) is 1. The molecule has 4 heteroatoms. The summed E-state index contributed by atoms with van der Waals surface area (Å²) in [6.07, 6.45) is 2.98. The van der Waals surface area contributed by atoms with E-state index in [1.807, 2.05) is 36.6 Å². The lowest BCUT2D eigenvalue weighted by atomic mass is 10.0. The highest BCUT2D eigenvalue weighted by atomic mass is 32.2. The second kappa shape index (κ2) is 4.37. The van der Waals surface area contributed by atoms with Gasteiger partial charge in [0.15, 0.2) is 0 Å². The quantitative estimate of drug-likeness (QED) is 0.859. The highest BCUT2D eigenvalue weighted by Gasteiger charge is 2.44. The number of hydrogen-bond acceptors (Lipinski definition) is 2. The zero-order valence-electron chi connectivity index (χ0n) is 9.22. The summed E-state index contributed by atoms with van der Waals surface area (Å²) in [7, 11) is 0. The van der Waals surface area contributed by atoms with Crippen LogP contribution in [0.3, 0.4) is 0 Å². The number of carboxylic acid groups (broad SMARTS) is 1. The van der Waals surface area contributed by atoms with Crippen LogP contribution in [0.4, 0.5) is 4.79 Å². The van der Waals surface area contributed by atoms with E-state index in [0.29, 0.717) is 6.54 Å². The summed E-state index contributed by atoms with van der Waals surface area (Å²) in [5.74, 6) is 0. The number of amides is 1. The average Bonchev–Trinajstić information content (AvgIpc) is 2.75. The van der Waals surface area contributed by atoms with Crippen molar-refractivity contribution >= 4 is 17.9 Å². The third-order valence-corrected chi connectivity index (χ3v) is 4.46. The van der Waals surface area contributed by atoms with Gasteiger partial charge in [0.25, 0.3) is 0 Å². The van der Waals surface area contributed by atoms with E-state index in [4.69, 9.17) is 0 Å². The first-order chi connectivity index (χ1) is 7.70.